The molecule has 1 heterocycles. The Kier molecular flexibility index (Phi) is 5.17. The van der Waals surface area contributed by atoms with Gasteiger partial charge in [0.1, 0.15) is 17.9 Å². The lowest BCUT2D eigenvalue weighted by Crippen LogP contribution is -2.31. The van der Waals surface area contributed by atoms with E-state index in [9.17, 15) is 19.3 Å². The third kappa shape index (κ3) is 4.12. The predicted octanol–water partition coefficient (Wildman–Crippen LogP) is 3.07. The van der Waals surface area contributed by atoms with Crippen LogP contribution in [0.25, 0.3) is 0 Å². The van der Waals surface area contributed by atoms with Crippen molar-refractivity contribution < 1.29 is 18.8 Å². The maximum Gasteiger partial charge on any atom is 0.374 e. The molecule has 0 saturated heterocycles. The zero-order chi connectivity index (χ0) is 19.2. The van der Waals surface area contributed by atoms with Gasteiger partial charge in [-0.3, -0.25) is 25.8 Å². The molecule has 0 bridgehead atoms. The van der Waals surface area contributed by atoms with Crippen molar-refractivity contribution in [3.63, 3.8) is 0 Å². The van der Waals surface area contributed by atoms with Crippen LogP contribution in [0, 0.1) is 15.9 Å². The van der Waals surface area contributed by atoms with Crippen molar-refractivity contribution in [1.29, 1.82) is 0 Å². The summed E-state index contributed by atoms with van der Waals surface area (Å²) >= 11 is 0. The van der Waals surface area contributed by atoms with E-state index in [-0.39, 0.29) is 17.3 Å². The van der Waals surface area contributed by atoms with Crippen LogP contribution in [-0.2, 0) is 0 Å². The Balaban J connectivity index is 1.83. The van der Waals surface area contributed by atoms with E-state index >= 15 is 0 Å². The summed E-state index contributed by atoms with van der Waals surface area (Å²) in [6.07, 6.45) is 1.03. The Morgan fingerprint density at radius 3 is 2.48 bits per heavy atom. The second-order valence-electron chi connectivity index (χ2n) is 5.11. The highest BCUT2D eigenvalue weighted by Gasteiger charge is 2.25. The fraction of sp³-hybridized carbons (Fsp3) is 0. The summed E-state index contributed by atoms with van der Waals surface area (Å²) in [4.78, 5) is 30.2. The number of benzene rings is 2. The first-order chi connectivity index (χ1) is 13.1. The number of carbonyl (C=O) groups excluding carboxylic acids is 1. The van der Waals surface area contributed by atoms with Crippen LogP contribution in [0.3, 0.4) is 0 Å². The summed E-state index contributed by atoms with van der Waals surface area (Å²) in [6, 6.07) is 13.6. The second-order valence-corrected chi connectivity index (χ2v) is 5.11. The van der Waals surface area contributed by atoms with E-state index in [1.807, 2.05) is 0 Å². The summed E-state index contributed by atoms with van der Waals surface area (Å²) in [6.45, 7) is 0. The number of hydrogen-bond donors (Lipinski definition) is 2. The number of aromatic nitrogens is 2. The number of amides is 1. The van der Waals surface area contributed by atoms with Crippen LogP contribution in [0.1, 0.15) is 10.4 Å². The van der Waals surface area contributed by atoms with E-state index in [4.69, 9.17) is 4.74 Å². The van der Waals surface area contributed by atoms with Gasteiger partial charge in [-0.2, -0.15) is 4.98 Å². The molecular weight excluding hydrogens is 357 g/mol. The fourth-order valence-electron chi connectivity index (χ4n) is 2.12. The van der Waals surface area contributed by atoms with Gasteiger partial charge in [0.25, 0.3) is 5.91 Å². The number of halogens is 1. The molecule has 0 spiro atoms. The monoisotopic (exact) mass is 369 g/mol. The number of nitrogens with one attached hydrogen (secondary N) is 2. The van der Waals surface area contributed by atoms with Gasteiger partial charge >= 0.3 is 11.6 Å². The molecular formula is C17H12FN5O4. The minimum Gasteiger partial charge on any atom is -0.434 e. The Morgan fingerprint density at radius 1 is 1.07 bits per heavy atom. The summed E-state index contributed by atoms with van der Waals surface area (Å²) in [5.74, 6) is -1.86. The molecule has 0 aliphatic heterocycles. The topological polar surface area (TPSA) is 119 Å². The van der Waals surface area contributed by atoms with Crippen molar-refractivity contribution in [2.24, 2.45) is 0 Å². The molecule has 2 aromatic carbocycles. The quantitative estimate of drug-likeness (QED) is 0.506. The Labute approximate surface area is 152 Å². The molecule has 9 nitrogen and oxygen atoms in total. The lowest BCUT2D eigenvalue weighted by atomic mass is 10.2. The number of carbonyl (C=O) groups is 1. The molecule has 2 N–H and O–H groups in total. The number of ether oxygens (including phenoxy) is 1. The average Bonchev–Trinajstić information content (AvgIpc) is 2.67. The van der Waals surface area contributed by atoms with Crippen LogP contribution in [0.15, 0.2) is 60.9 Å². The van der Waals surface area contributed by atoms with Crippen molar-refractivity contribution >= 4 is 17.4 Å². The van der Waals surface area contributed by atoms with E-state index in [0.717, 1.165) is 12.4 Å². The lowest BCUT2D eigenvalue weighted by Gasteiger charge is -2.10. The van der Waals surface area contributed by atoms with Crippen molar-refractivity contribution in [2.45, 2.75) is 0 Å². The normalized spacial score (nSPS) is 10.1. The summed E-state index contributed by atoms with van der Waals surface area (Å²) < 4.78 is 19.1. The minimum atomic E-state index is -0.827. The molecule has 1 amide bonds. The first-order valence-corrected chi connectivity index (χ1v) is 7.59. The maximum atomic E-state index is 13.6. The number of nitrogens with zero attached hydrogens (tertiary/aromatic N) is 3. The second kappa shape index (κ2) is 7.87. The van der Waals surface area contributed by atoms with Crippen LogP contribution >= 0.6 is 0 Å². The van der Waals surface area contributed by atoms with E-state index in [0.29, 0.717) is 5.75 Å². The minimum absolute atomic E-state index is 0.234. The third-order valence-corrected chi connectivity index (χ3v) is 3.34. The molecule has 0 radical (unpaired) electrons. The first kappa shape index (κ1) is 17.7. The summed E-state index contributed by atoms with van der Waals surface area (Å²) in [5.41, 5.74) is 3.65. The van der Waals surface area contributed by atoms with Crippen LogP contribution in [0.5, 0.6) is 11.6 Å². The molecule has 3 rings (SSSR count). The van der Waals surface area contributed by atoms with Crippen molar-refractivity contribution in [2.75, 3.05) is 5.43 Å². The first-order valence-electron chi connectivity index (χ1n) is 7.59. The molecule has 0 unspecified atom stereocenters. The highest BCUT2D eigenvalue weighted by molar-refractivity contribution is 5.95. The largest absolute Gasteiger partial charge is 0.434 e. The molecule has 10 heteroatoms. The van der Waals surface area contributed by atoms with E-state index in [1.165, 1.54) is 18.2 Å². The van der Waals surface area contributed by atoms with E-state index in [2.05, 4.69) is 20.8 Å². The van der Waals surface area contributed by atoms with Gasteiger partial charge < -0.3 is 4.74 Å². The van der Waals surface area contributed by atoms with E-state index < -0.39 is 22.3 Å². The Morgan fingerprint density at radius 2 is 1.78 bits per heavy atom. The van der Waals surface area contributed by atoms with Gasteiger partial charge in [0, 0.05) is 0 Å². The van der Waals surface area contributed by atoms with Crippen molar-refractivity contribution in [3.05, 3.63) is 82.4 Å². The van der Waals surface area contributed by atoms with Gasteiger partial charge in [-0.1, -0.05) is 30.3 Å². The molecule has 27 heavy (non-hydrogen) atoms. The zero-order valence-electron chi connectivity index (χ0n) is 13.6. The van der Waals surface area contributed by atoms with Gasteiger partial charge in [-0.15, -0.1) is 0 Å². The van der Waals surface area contributed by atoms with Gasteiger partial charge in [0.05, 0.1) is 10.5 Å². The van der Waals surface area contributed by atoms with Gasteiger partial charge in [-0.05, 0) is 24.3 Å². The van der Waals surface area contributed by atoms with E-state index in [1.54, 1.807) is 30.3 Å². The summed E-state index contributed by atoms with van der Waals surface area (Å²) in [5, 5.41) is 11.4. The molecule has 136 valence electrons. The molecule has 0 aliphatic carbocycles. The molecule has 0 atom stereocenters. The average molecular weight is 369 g/mol. The third-order valence-electron chi connectivity index (χ3n) is 3.34. The molecule has 3 aromatic rings. The zero-order valence-corrected chi connectivity index (χ0v) is 13.6. The van der Waals surface area contributed by atoms with Crippen molar-refractivity contribution in [1.82, 2.24) is 15.4 Å². The van der Waals surface area contributed by atoms with Crippen LogP contribution in [0.2, 0.25) is 0 Å². The van der Waals surface area contributed by atoms with Crippen LogP contribution in [0.4, 0.5) is 15.9 Å². The lowest BCUT2D eigenvalue weighted by molar-refractivity contribution is -0.385. The number of anilines is 1. The predicted molar refractivity (Wildman–Crippen MR) is 92.7 cm³/mol. The number of nitro groups is 1. The van der Waals surface area contributed by atoms with Crippen LogP contribution in [-0.4, -0.2) is 20.8 Å². The maximum absolute atomic E-state index is 13.6. The highest BCUT2D eigenvalue weighted by Crippen LogP contribution is 2.33. The molecule has 1 aromatic heterocycles. The fourth-order valence-corrected chi connectivity index (χ4v) is 2.12. The number of para-hydroxylation sites is 1. The Hall–Kier alpha value is -4.08. The Bertz CT molecular complexity index is 984. The number of hydrogen-bond acceptors (Lipinski definition) is 7. The SMILES string of the molecule is O=C(NNc1ncnc(Oc2ccccc2)c1[N+](=O)[O-])c1ccccc1F. The number of hydrazine groups is 1. The van der Waals surface area contributed by atoms with Gasteiger partial charge in [-0.25, -0.2) is 9.37 Å². The van der Waals surface area contributed by atoms with Crippen molar-refractivity contribution in [3.8, 4) is 11.6 Å². The smallest absolute Gasteiger partial charge is 0.374 e. The highest BCUT2D eigenvalue weighted by atomic mass is 19.1. The van der Waals surface area contributed by atoms with Gasteiger partial charge in [0.15, 0.2) is 0 Å². The molecule has 0 saturated carbocycles. The molecule has 0 fully saturated rings. The standard InChI is InChI=1S/C17H12FN5O4/c18-13-9-5-4-8-12(13)16(24)22-21-15-14(23(25)26)17(20-10-19-15)27-11-6-2-1-3-7-11/h1-10H,(H,22,24)(H,19,20,21). The van der Waals surface area contributed by atoms with Gasteiger partial charge in [0.2, 0.25) is 5.82 Å². The number of rotatable bonds is 6. The molecule has 0 aliphatic rings. The van der Waals surface area contributed by atoms with Crippen LogP contribution < -0.4 is 15.6 Å². The summed E-state index contributed by atoms with van der Waals surface area (Å²) in [7, 11) is 0.